The molecule has 2 N–H and O–H groups in total. The van der Waals surface area contributed by atoms with Crippen LogP contribution in [0.4, 0.5) is 5.69 Å². The largest absolute Gasteiger partial charge is 0.398 e. The molecule has 1 aromatic rings. The van der Waals surface area contributed by atoms with Crippen LogP contribution in [0.2, 0.25) is 0 Å². The van der Waals surface area contributed by atoms with Gasteiger partial charge in [-0.15, -0.1) is 0 Å². The van der Waals surface area contributed by atoms with Crippen molar-refractivity contribution in [2.45, 2.75) is 19.1 Å². The summed E-state index contributed by atoms with van der Waals surface area (Å²) in [6.07, 6.45) is 0.648. The normalized spacial score (nSPS) is 11.5. The van der Waals surface area contributed by atoms with Gasteiger partial charge in [-0.1, -0.05) is 25.1 Å². The fraction of sp³-hybridized carbons (Fsp3) is 0.400. The Morgan fingerprint density at radius 2 is 1.93 bits per heavy atom. The van der Waals surface area contributed by atoms with Crippen LogP contribution >= 0.6 is 0 Å². The Kier molecular flexibility index (Phi) is 3.52. The number of anilines is 1. The Bertz CT molecular complexity index is 398. The molecule has 0 saturated heterocycles. The van der Waals surface area contributed by atoms with Crippen molar-refractivity contribution >= 4 is 15.5 Å². The lowest BCUT2D eigenvalue weighted by Crippen LogP contribution is -2.09. The molecule has 0 heterocycles. The van der Waals surface area contributed by atoms with Crippen LogP contribution in [0.25, 0.3) is 0 Å². The molecule has 0 fully saturated rings. The van der Waals surface area contributed by atoms with Gasteiger partial charge in [0.05, 0.1) is 11.5 Å². The molecule has 3 nitrogen and oxygen atoms in total. The number of rotatable bonds is 4. The van der Waals surface area contributed by atoms with Crippen molar-refractivity contribution in [3.63, 3.8) is 0 Å². The molecule has 0 aliphatic heterocycles. The van der Waals surface area contributed by atoms with Crippen LogP contribution in [0.15, 0.2) is 24.3 Å². The summed E-state index contributed by atoms with van der Waals surface area (Å²) in [5, 5.41) is 0. The average Bonchev–Trinajstić information content (AvgIpc) is 2.08. The highest BCUT2D eigenvalue weighted by molar-refractivity contribution is 7.90. The van der Waals surface area contributed by atoms with Crippen LogP contribution in [-0.4, -0.2) is 14.2 Å². The van der Waals surface area contributed by atoms with Gasteiger partial charge in [0.15, 0.2) is 9.84 Å². The number of para-hydroxylation sites is 1. The second kappa shape index (κ2) is 4.46. The average molecular weight is 213 g/mol. The van der Waals surface area contributed by atoms with E-state index in [0.29, 0.717) is 17.7 Å². The van der Waals surface area contributed by atoms with Crippen molar-refractivity contribution in [3.8, 4) is 0 Å². The minimum atomic E-state index is -2.99. The van der Waals surface area contributed by atoms with E-state index in [-0.39, 0.29) is 11.5 Å². The topological polar surface area (TPSA) is 60.2 Å². The zero-order valence-electron chi connectivity index (χ0n) is 8.23. The number of benzene rings is 1. The first-order valence-electron chi connectivity index (χ1n) is 4.59. The predicted octanol–water partition coefficient (Wildman–Crippen LogP) is 1.59. The van der Waals surface area contributed by atoms with Gasteiger partial charge in [-0.25, -0.2) is 8.42 Å². The van der Waals surface area contributed by atoms with Gasteiger partial charge in [-0.05, 0) is 18.1 Å². The van der Waals surface area contributed by atoms with E-state index >= 15 is 0 Å². The predicted molar refractivity (Wildman–Crippen MR) is 58.6 cm³/mol. The van der Waals surface area contributed by atoms with Gasteiger partial charge < -0.3 is 5.73 Å². The number of nitrogen functional groups attached to an aromatic ring is 1. The minimum absolute atomic E-state index is 0.0491. The van der Waals surface area contributed by atoms with E-state index in [2.05, 4.69) is 0 Å². The zero-order valence-corrected chi connectivity index (χ0v) is 9.05. The monoisotopic (exact) mass is 213 g/mol. The Morgan fingerprint density at radius 1 is 1.29 bits per heavy atom. The number of hydrogen-bond acceptors (Lipinski definition) is 3. The van der Waals surface area contributed by atoms with Gasteiger partial charge in [-0.2, -0.15) is 0 Å². The summed E-state index contributed by atoms with van der Waals surface area (Å²) >= 11 is 0. The minimum Gasteiger partial charge on any atom is -0.398 e. The van der Waals surface area contributed by atoms with Crippen LogP contribution < -0.4 is 5.73 Å². The highest BCUT2D eigenvalue weighted by atomic mass is 32.2. The Balaban J connectivity index is 2.84. The smallest absolute Gasteiger partial charge is 0.154 e. The second-order valence-electron chi connectivity index (χ2n) is 3.29. The summed E-state index contributed by atoms with van der Waals surface area (Å²) in [5.74, 6) is 0.273. The lowest BCUT2D eigenvalue weighted by atomic mass is 10.2. The second-order valence-corrected chi connectivity index (χ2v) is 5.47. The van der Waals surface area contributed by atoms with E-state index in [4.69, 9.17) is 5.73 Å². The van der Waals surface area contributed by atoms with Crippen molar-refractivity contribution in [2.75, 3.05) is 11.5 Å². The van der Waals surface area contributed by atoms with Crippen LogP contribution in [0.3, 0.4) is 0 Å². The molecule has 0 aromatic heterocycles. The Labute approximate surface area is 84.9 Å². The van der Waals surface area contributed by atoms with Gasteiger partial charge in [0, 0.05) is 5.69 Å². The summed E-state index contributed by atoms with van der Waals surface area (Å²) < 4.78 is 23.0. The summed E-state index contributed by atoms with van der Waals surface area (Å²) in [6.45, 7) is 1.85. The molecule has 1 aromatic carbocycles. The van der Waals surface area contributed by atoms with Crippen molar-refractivity contribution in [1.29, 1.82) is 0 Å². The molecule has 0 spiro atoms. The van der Waals surface area contributed by atoms with Crippen molar-refractivity contribution in [1.82, 2.24) is 0 Å². The number of hydrogen-bond donors (Lipinski definition) is 1. The van der Waals surface area contributed by atoms with Crippen LogP contribution in [0.1, 0.15) is 18.9 Å². The molecule has 78 valence electrons. The van der Waals surface area contributed by atoms with E-state index in [1.807, 2.05) is 6.92 Å². The fourth-order valence-corrected chi connectivity index (χ4v) is 2.79. The van der Waals surface area contributed by atoms with Gasteiger partial charge in [0.25, 0.3) is 0 Å². The Morgan fingerprint density at radius 3 is 2.50 bits per heavy atom. The van der Waals surface area contributed by atoms with E-state index in [0.717, 1.165) is 0 Å². The van der Waals surface area contributed by atoms with Crippen molar-refractivity contribution in [2.24, 2.45) is 0 Å². The maximum absolute atomic E-state index is 11.5. The molecule has 0 saturated carbocycles. The molecule has 0 bridgehead atoms. The molecule has 14 heavy (non-hydrogen) atoms. The van der Waals surface area contributed by atoms with Gasteiger partial charge in [0.2, 0.25) is 0 Å². The standard InChI is InChI=1S/C10H15NO2S/c1-2-7-14(12,13)8-9-5-3-4-6-10(9)11/h3-6H,2,7-8,11H2,1H3. The molecule has 0 unspecified atom stereocenters. The quantitative estimate of drug-likeness (QED) is 0.773. The summed E-state index contributed by atoms with van der Waals surface area (Å²) in [4.78, 5) is 0. The molecule has 1 rings (SSSR count). The van der Waals surface area contributed by atoms with Crippen LogP contribution in [-0.2, 0) is 15.6 Å². The van der Waals surface area contributed by atoms with Crippen LogP contribution in [0, 0.1) is 0 Å². The molecule has 0 amide bonds. The molecule has 0 atom stereocenters. The highest BCUT2D eigenvalue weighted by Crippen LogP contribution is 2.14. The molecular weight excluding hydrogens is 198 g/mol. The molecular formula is C10H15NO2S. The first-order valence-corrected chi connectivity index (χ1v) is 6.41. The first kappa shape index (κ1) is 11.0. The third kappa shape index (κ3) is 3.03. The maximum Gasteiger partial charge on any atom is 0.154 e. The highest BCUT2D eigenvalue weighted by Gasteiger charge is 2.11. The Hall–Kier alpha value is -1.03. The lowest BCUT2D eigenvalue weighted by Gasteiger charge is -2.05. The first-order chi connectivity index (χ1) is 6.55. The SMILES string of the molecule is CCCS(=O)(=O)Cc1ccccc1N. The fourth-order valence-electron chi connectivity index (χ4n) is 1.29. The van der Waals surface area contributed by atoms with E-state index in [1.165, 1.54) is 0 Å². The van der Waals surface area contributed by atoms with Gasteiger partial charge >= 0.3 is 0 Å². The number of sulfone groups is 1. The van der Waals surface area contributed by atoms with Crippen molar-refractivity contribution < 1.29 is 8.42 Å². The molecule has 0 aliphatic carbocycles. The van der Waals surface area contributed by atoms with E-state index in [1.54, 1.807) is 24.3 Å². The summed E-state index contributed by atoms with van der Waals surface area (Å²) in [7, 11) is -2.99. The zero-order chi connectivity index (χ0) is 10.6. The van der Waals surface area contributed by atoms with Crippen molar-refractivity contribution in [3.05, 3.63) is 29.8 Å². The van der Waals surface area contributed by atoms with Crippen LogP contribution in [0.5, 0.6) is 0 Å². The number of nitrogens with two attached hydrogens (primary N) is 1. The molecule has 0 radical (unpaired) electrons. The van der Waals surface area contributed by atoms with Gasteiger partial charge in [0.1, 0.15) is 0 Å². The van der Waals surface area contributed by atoms with E-state index in [9.17, 15) is 8.42 Å². The van der Waals surface area contributed by atoms with E-state index < -0.39 is 9.84 Å². The third-order valence-corrected chi connectivity index (χ3v) is 3.73. The summed E-state index contributed by atoms with van der Waals surface area (Å²) in [6, 6.07) is 7.07. The van der Waals surface area contributed by atoms with Gasteiger partial charge in [-0.3, -0.25) is 0 Å². The molecule has 4 heteroatoms. The maximum atomic E-state index is 11.5. The summed E-state index contributed by atoms with van der Waals surface area (Å²) in [5.41, 5.74) is 6.90. The third-order valence-electron chi connectivity index (χ3n) is 1.95. The molecule has 0 aliphatic rings. The lowest BCUT2D eigenvalue weighted by molar-refractivity contribution is 0.594.